The molecular formula is C14H18N2O3S. The third-order valence-corrected chi connectivity index (χ3v) is 3.86. The predicted molar refractivity (Wildman–Crippen MR) is 77.0 cm³/mol. The molecule has 108 valence electrons. The van der Waals surface area contributed by atoms with Gasteiger partial charge in [-0.15, -0.1) is 0 Å². The van der Waals surface area contributed by atoms with Gasteiger partial charge in [0.2, 0.25) is 5.89 Å². The van der Waals surface area contributed by atoms with Crippen molar-refractivity contribution in [1.29, 1.82) is 0 Å². The summed E-state index contributed by atoms with van der Waals surface area (Å²) in [6.07, 6.45) is 2.76. The van der Waals surface area contributed by atoms with Crippen molar-refractivity contribution in [3.05, 3.63) is 36.2 Å². The van der Waals surface area contributed by atoms with Crippen molar-refractivity contribution >= 4 is 9.84 Å². The summed E-state index contributed by atoms with van der Waals surface area (Å²) in [4.78, 5) is 4.61. The van der Waals surface area contributed by atoms with Crippen LogP contribution in [0.25, 0.3) is 11.5 Å². The van der Waals surface area contributed by atoms with E-state index in [1.54, 1.807) is 30.5 Å². The van der Waals surface area contributed by atoms with E-state index in [1.807, 2.05) is 0 Å². The van der Waals surface area contributed by atoms with Gasteiger partial charge in [0, 0.05) is 24.4 Å². The fraction of sp³-hybridized carbons (Fsp3) is 0.357. The van der Waals surface area contributed by atoms with E-state index in [0.29, 0.717) is 24.0 Å². The van der Waals surface area contributed by atoms with Gasteiger partial charge >= 0.3 is 0 Å². The molecule has 0 saturated carbocycles. The molecule has 0 aliphatic heterocycles. The number of hydrogen-bond acceptors (Lipinski definition) is 5. The maximum absolute atomic E-state index is 11.5. The monoisotopic (exact) mass is 294 g/mol. The van der Waals surface area contributed by atoms with Gasteiger partial charge in [0.15, 0.2) is 9.84 Å². The topological polar surface area (TPSA) is 72.2 Å². The SMILES string of the molecule is CC(C)NCc1coc(-c2cccc(S(C)(=O)=O)c2)n1. The highest BCUT2D eigenvalue weighted by Gasteiger charge is 2.11. The molecule has 20 heavy (non-hydrogen) atoms. The van der Waals surface area contributed by atoms with Crippen molar-refractivity contribution in [3.8, 4) is 11.5 Å². The lowest BCUT2D eigenvalue weighted by atomic mass is 10.2. The van der Waals surface area contributed by atoms with Crippen LogP contribution < -0.4 is 5.32 Å². The Kier molecular flexibility index (Phi) is 4.25. The Hall–Kier alpha value is -1.66. The third-order valence-electron chi connectivity index (χ3n) is 2.75. The molecule has 6 heteroatoms. The van der Waals surface area contributed by atoms with Gasteiger partial charge in [-0.3, -0.25) is 0 Å². The normalized spacial score (nSPS) is 12.0. The van der Waals surface area contributed by atoms with Crippen molar-refractivity contribution in [1.82, 2.24) is 10.3 Å². The first-order valence-electron chi connectivity index (χ1n) is 6.34. The molecule has 0 bridgehead atoms. The second kappa shape index (κ2) is 5.76. The van der Waals surface area contributed by atoms with Gasteiger partial charge in [-0.25, -0.2) is 13.4 Å². The Morgan fingerprint density at radius 3 is 2.75 bits per heavy atom. The zero-order valence-electron chi connectivity index (χ0n) is 11.8. The fourth-order valence-electron chi connectivity index (χ4n) is 1.69. The molecule has 0 saturated heterocycles. The number of sulfone groups is 1. The van der Waals surface area contributed by atoms with E-state index in [-0.39, 0.29) is 4.90 Å². The summed E-state index contributed by atoms with van der Waals surface area (Å²) in [5.41, 5.74) is 1.45. The molecule has 0 spiro atoms. The van der Waals surface area contributed by atoms with E-state index in [0.717, 1.165) is 5.69 Å². The lowest BCUT2D eigenvalue weighted by molar-refractivity contribution is 0.560. The molecular weight excluding hydrogens is 276 g/mol. The van der Waals surface area contributed by atoms with E-state index in [2.05, 4.69) is 24.1 Å². The highest BCUT2D eigenvalue weighted by atomic mass is 32.2. The summed E-state index contributed by atoms with van der Waals surface area (Å²) < 4.78 is 28.5. The number of nitrogens with zero attached hydrogens (tertiary/aromatic N) is 1. The van der Waals surface area contributed by atoms with Gasteiger partial charge < -0.3 is 9.73 Å². The molecule has 0 amide bonds. The lowest BCUT2D eigenvalue weighted by Gasteiger charge is -2.04. The van der Waals surface area contributed by atoms with Crippen LogP contribution in [0.4, 0.5) is 0 Å². The highest BCUT2D eigenvalue weighted by molar-refractivity contribution is 7.90. The molecule has 0 radical (unpaired) electrons. The predicted octanol–water partition coefficient (Wildman–Crippen LogP) is 2.24. The minimum absolute atomic E-state index is 0.259. The zero-order chi connectivity index (χ0) is 14.8. The van der Waals surface area contributed by atoms with Crippen molar-refractivity contribution in [2.45, 2.75) is 31.3 Å². The number of benzene rings is 1. The summed E-state index contributed by atoms with van der Waals surface area (Å²) in [6, 6.07) is 6.95. The van der Waals surface area contributed by atoms with E-state index in [9.17, 15) is 8.42 Å². The molecule has 0 aliphatic carbocycles. The Morgan fingerprint density at radius 1 is 1.35 bits per heavy atom. The van der Waals surface area contributed by atoms with E-state index in [4.69, 9.17) is 4.42 Å². The molecule has 1 heterocycles. The van der Waals surface area contributed by atoms with E-state index < -0.39 is 9.84 Å². The summed E-state index contributed by atoms with van der Waals surface area (Å²) in [6.45, 7) is 4.72. The van der Waals surface area contributed by atoms with Crippen LogP contribution in [0.15, 0.2) is 39.8 Å². The Morgan fingerprint density at radius 2 is 2.10 bits per heavy atom. The summed E-state index contributed by atoms with van der Waals surface area (Å²) in [5.74, 6) is 0.427. The second-order valence-corrected chi connectivity index (χ2v) is 7.00. The number of nitrogens with one attached hydrogen (secondary N) is 1. The van der Waals surface area contributed by atoms with Gasteiger partial charge in [-0.2, -0.15) is 0 Å². The maximum atomic E-state index is 11.5. The molecule has 1 aromatic heterocycles. The van der Waals surface area contributed by atoms with Crippen LogP contribution in [0.2, 0.25) is 0 Å². The first-order chi connectivity index (χ1) is 9.36. The lowest BCUT2D eigenvalue weighted by Crippen LogP contribution is -2.21. The third kappa shape index (κ3) is 3.68. The van der Waals surface area contributed by atoms with Crippen molar-refractivity contribution < 1.29 is 12.8 Å². The Labute approximate surface area is 119 Å². The number of aromatic nitrogens is 1. The first kappa shape index (κ1) is 14.7. The van der Waals surface area contributed by atoms with Gasteiger partial charge in [0.1, 0.15) is 6.26 Å². The minimum atomic E-state index is -3.23. The minimum Gasteiger partial charge on any atom is -0.444 e. The molecule has 2 rings (SSSR count). The van der Waals surface area contributed by atoms with Gasteiger partial charge in [0.05, 0.1) is 10.6 Å². The highest BCUT2D eigenvalue weighted by Crippen LogP contribution is 2.22. The van der Waals surface area contributed by atoms with Crippen LogP contribution in [-0.4, -0.2) is 25.7 Å². The fourth-order valence-corrected chi connectivity index (χ4v) is 2.36. The number of oxazole rings is 1. The maximum Gasteiger partial charge on any atom is 0.226 e. The second-order valence-electron chi connectivity index (χ2n) is 4.98. The van der Waals surface area contributed by atoms with Crippen LogP contribution in [0.3, 0.4) is 0 Å². The summed E-state index contributed by atoms with van der Waals surface area (Å²) >= 11 is 0. The molecule has 1 N–H and O–H groups in total. The molecule has 0 unspecified atom stereocenters. The zero-order valence-corrected chi connectivity index (χ0v) is 12.6. The van der Waals surface area contributed by atoms with Crippen LogP contribution in [0.5, 0.6) is 0 Å². The molecule has 0 fully saturated rings. The van der Waals surface area contributed by atoms with Gasteiger partial charge in [-0.1, -0.05) is 19.9 Å². The van der Waals surface area contributed by atoms with Crippen LogP contribution in [-0.2, 0) is 16.4 Å². The summed E-state index contributed by atoms with van der Waals surface area (Å²) in [7, 11) is -3.23. The van der Waals surface area contributed by atoms with E-state index >= 15 is 0 Å². The summed E-state index contributed by atoms with van der Waals surface area (Å²) in [5, 5.41) is 3.24. The average Bonchev–Trinajstić information content (AvgIpc) is 2.84. The molecule has 5 nitrogen and oxygen atoms in total. The molecule has 0 aliphatic rings. The van der Waals surface area contributed by atoms with Crippen LogP contribution in [0.1, 0.15) is 19.5 Å². The van der Waals surface area contributed by atoms with Crippen molar-refractivity contribution in [2.75, 3.05) is 6.26 Å². The Bertz CT molecular complexity index is 690. The quantitative estimate of drug-likeness (QED) is 0.915. The molecule has 0 atom stereocenters. The van der Waals surface area contributed by atoms with Crippen molar-refractivity contribution in [3.63, 3.8) is 0 Å². The van der Waals surface area contributed by atoms with Gasteiger partial charge in [0.25, 0.3) is 0 Å². The van der Waals surface area contributed by atoms with Crippen molar-refractivity contribution in [2.24, 2.45) is 0 Å². The molecule has 1 aromatic carbocycles. The van der Waals surface area contributed by atoms with Crippen LogP contribution in [0, 0.1) is 0 Å². The smallest absolute Gasteiger partial charge is 0.226 e. The standard InChI is InChI=1S/C14H18N2O3S/c1-10(2)15-8-12-9-19-14(16-12)11-5-4-6-13(7-11)20(3,17)18/h4-7,9-10,15H,8H2,1-3H3. The number of hydrogen-bond donors (Lipinski definition) is 1. The molecule has 2 aromatic rings. The van der Waals surface area contributed by atoms with E-state index in [1.165, 1.54) is 6.26 Å². The first-order valence-corrected chi connectivity index (χ1v) is 8.23. The Balaban J connectivity index is 2.24. The average molecular weight is 294 g/mol. The largest absolute Gasteiger partial charge is 0.444 e. The van der Waals surface area contributed by atoms with Gasteiger partial charge in [-0.05, 0) is 18.2 Å². The van der Waals surface area contributed by atoms with Crippen LogP contribution >= 0.6 is 0 Å². The number of rotatable bonds is 5.